The molecule has 1 heterocycles. The fourth-order valence-corrected chi connectivity index (χ4v) is 4.34. The van der Waals surface area contributed by atoms with E-state index in [2.05, 4.69) is 29.8 Å². The number of likely N-dealkylation sites (N-methyl/N-ethyl adjacent to an activating group) is 1. The van der Waals surface area contributed by atoms with Gasteiger partial charge in [-0.05, 0) is 43.9 Å². The molecule has 3 amide bonds. The first kappa shape index (κ1) is 24.3. The monoisotopic (exact) mass is 446 g/mol. The first-order valence-corrected chi connectivity index (χ1v) is 11.7. The lowest BCUT2D eigenvalue weighted by atomic mass is 9.96. The van der Waals surface area contributed by atoms with Crippen LogP contribution in [0.2, 0.25) is 0 Å². The number of benzene rings is 1. The van der Waals surface area contributed by atoms with Gasteiger partial charge in [0.25, 0.3) is 5.91 Å². The van der Waals surface area contributed by atoms with E-state index in [1.807, 2.05) is 0 Å². The highest BCUT2D eigenvalue weighted by Gasteiger charge is 2.26. The Balaban J connectivity index is 1.78. The van der Waals surface area contributed by atoms with E-state index in [9.17, 15) is 9.59 Å². The Labute approximate surface area is 191 Å². The summed E-state index contributed by atoms with van der Waals surface area (Å²) in [6.07, 6.45) is 5.47. The van der Waals surface area contributed by atoms with Gasteiger partial charge in [-0.15, -0.1) is 0 Å². The van der Waals surface area contributed by atoms with Crippen LogP contribution in [0.4, 0.5) is 10.5 Å². The summed E-state index contributed by atoms with van der Waals surface area (Å²) >= 11 is 0. The van der Waals surface area contributed by atoms with E-state index in [0.717, 1.165) is 32.2 Å². The topological polar surface area (TPSA) is 91.9 Å². The number of hydrogen-bond donors (Lipinski definition) is 3. The number of rotatable bonds is 3. The summed E-state index contributed by atoms with van der Waals surface area (Å²) in [6.45, 7) is 5.84. The van der Waals surface area contributed by atoms with Gasteiger partial charge >= 0.3 is 6.03 Å². The van der Waals surface area contributed by atoms with Crippen LogP contribution in [0.5, 0.6) is 5.75 Å². The average molecular weight is 447 g/mol. The van der Waals surface area contributed by atoms with Crippen molar-refractivity contribution in [3.05, 3.63) is 23.8 Å². The number of nitrogens with one attached hydrogen (secondary N) is 3. The van der Waals surface area contributed by atoms with Gasteiger partial charge in [0.2, 0.25) is 0 Å². The van der Waals surface area contributed by atoms with Crippen molar-refractivity contribution in [1.82, 2.24) is 15.5 Å². The Morgan fingerprint density at radius 2 is 1.97 bits per heavy atom. The van der Waals surface area contributed by atoms with Gasteiger partial charge in [0.15, 0.2) is 0 Å². The summed E-state index contributed by atoms with van der Waals surface area (Å²) in [5.74, 6) is 0.580. The Bertz CT molecular complexity index is 781. The first-order chi connectivity index (χ1) is 15.4. The van der Waals surface area contributed by atoms with Crippen molar-refractivity contribution in [1.29, 1.82) is 0 Å². The predicted octanol–water partition coefficient (Wildman–Crippen LogP) is 3.23. The molecule has 2 aliphatic rings. The van der Waals surface area contributed by atoms with Gasteiger partial charge in [-0.3, -0.25) is 4.79 Å². The second-order valence-corrected chi connectivity index (χ2v) is 9.20. The van der Waals surface area contributed by atoms with Gasteiger partial charge in [0.1, 0.15) is 12.4 Å². The minimum absolute atomic E-state index is 0.0879. The van der Waals surface area contributed by atoms with Gasteiger partial charge in [-0.25, -0.2) is 4.79 Å². The summed E-state index contributed by atoms with van der Waals surface area (Å²) in [5, 5.41) is 9.40. The molecule has 0 radical (unpaired) electrons. The molecular formula is C24H38N4O4. The molecule has 8 nitrogen and oxygen atoms in total. The van der Waals surface area contributed by atoms with Gasteiger partial charge in [0, 0.05) is 45.0 Å². The average Bonchev–Trinajstić information content (AvgIpc) is 2.79. The van der Waals surface area contributed by atoms with Crippen LogP contribution < -0.4 is 20.7 Å². The van der Waals surface area contributed by atoms with E-state index >= 15 is 0 Å². The van der Waals surface area contributed by atoms with Crippen molar-refractivity contribution in [3.63, 3.8) is 0 Å². The van der Waals surface area contributed by atoms with Crippen molar-refractivity contribution >= 4 is 17.6 Å². The van der Waals surface area contributed by atoms with Crippen molar-refractivity contribution < 1.29 is 19.1 Å². The largest absolute Gasteiger partial charge is 0.491 e. The van der Waals surface area contributed by atoms with Crippen LogP contribution in [0, 0.1) is 5.92 Å². The number of carbonyl (C=O) groups is 2. The maximum Gasteiger partial charge on any atom is 0.319 e. The summed E-state index contributed by atoms with van der Waals surface area (Å²) in [6, 6.07) is 5.32. The molecule has 3 atom stereocenters. The number of carbonyl (C=O) groups excluding carboxylic acids is 2. The lowest BCUT2D eigenvalue weighted by molar-refractivity contribution is 0.0281. The Kier molecular flexibility index (Phi) is 8.75. The Morgan fingerprint density at radius 1 is 1.22 bits per heavy atom. The van der Waals surface area contributed by atoms with E-state index in [-0.39, 0.29) is 36.0 Å². The highest BCUT2D eigenvalue weighted by Crippen LogP contribution is 2.26. The third-order valence-corrected chi connectivity index (χ3v) is 6.42. The standard InChI is InChI=1S/C24H38N4O4/c1-16-13-25-17(2)15-32-21-11-10-19(27-24(30)26-18-8-6-5-7-9-18)12-20(21)23(29)28(3)14-22(16)31-4/h10-12,16-18,22,25H,5-9,13-15H2,1-4H3,(H2,26,27,30)/t16-,17-,22-/m1/s1. The molecule has 1 aromatic rings. The maximum absolute atomic E-state index is 13.3. The number of methoxy groups -OCH3 is 1. The summed E-state index contributed by atoms with van der Waals surface area (Å²) in [7, 11) is 3.45. The van der Waals surface area contributed by atoms with Gasteiger partial charge in [-0.1, -0.05) is 26.2 Å². The van der Waals surface area contributed by atoms with E-state index in [1.165, 1.54) is 6.42 Å². The van der Waals surface area contributed by atoms with Crippen LogP contribution in [0.15, 0.2) is 18.2 Å². The van der Waals surface area contributed by atoms with Crippen molar-refractivity contribution in [2.45, 2.75) is 64.1 Å². The summed E-state index contributed by atoms with van der Waals surface area (Å²) < 4.78 is 11.7. The van der Waals surface area contributed by atoms with Gasteiger partial charge < -0.3 is 30.3 Å². The zero-order valence-electron chi connectivity index (χ0n) is 19.8. The highest BCUT2D eigenvalue weighted by atomic mass is 16.5. The molecule has 0 bridgehead atoms. The lowest BCUT2D eigenvalue weighted by Crippen LogP contribution is -2.44. The third-order valence-electron chi connectivity index (χ3n) is 6.42. The molecule has 1 aromatic carbocycles. The van der Waals surface area contributed by atoms with Gasteiger partial charge in [-0.2, -0.15) is 0 Å². The molecule has 178 valence electrons. The fourth-order valence-electron chi connectivity index (χ4n) is 4.34. The quantitative estimate of drug-likeness (QED) is 0.663. The first-order valence-electron chi connectivity index (χ1n) is 11.7. The smallest absolute Gasteiger partial charge is 0.319 e. The zero-order chi connectivity index (χ0) is 23.1. The Morgan fingerprint density at radius 3 is 2.69 bits per heavy atom. The fraction of sp³-hybridized carbons (Fsp3) is 0.667. The number of fused-ring (bicyclic) bond motifs is 1. The molecule has 0 saturated heterocycles. The van der Waals surface area contributed by atoms with Crippen molar-refractivity contribution in [3.8, 4) is 5.75 Å². The maximum atomic E-state index is 13.3. The van der Waals surface area contributed by atoms with E-state index in [1.54, 1.807) is 37.3 Å². The Hall–Kier alpha value is -2.32. The molecule has 8 heteroatoms. The molecule has 1 saturated carbocycles. The molecule has 0 aromatic heterocycles. The molecule has 1 aliphatic carbocycles. The van der Waals surface area contributed by atoms with Crippen LogP contribution >= 0.6 is 0 Å². The van der Waals surface area contributed by atoms with Crippen LogP contribution in [-0.4, -0.2) is 68.9 Å². The predicted molar refractivity (Wildman–Crippen MR) is 125 cm³/mol. The van der Waals surface area contributed by atoms with Crippen LogP contribution in [0.25, 0.3) is 0 Å². The highest BCUT2D eigenvalue weighted by molar-refractivity contribution is 5.99. The molecule has 0 unspecified atom stereocenters. The number of anilines is 1. The van der Waals surface area contributed by atoms with E-state index in [4.69, 9.17) is 9.47 Å². The molecule has 32 heavy (non-hydrogen) atoms. The molecule has 1 aliphatic heterocycles. The molecule has 0 spiro atoms. The van der Waals surface area contributed by atoms with Crippen LogP contribution in [-0.2, 0) is 4.74 Å². The summed E-state index contributed by atoms with van der Waals surface area (Å²) in [5.41, 5.74) is 0.996. The summed E-state index contributed by atoms with van der Waals surface area (Å²) in [4.78, 5) is 27.4. The third kappa shape index (κ3) is 6.59. The second-order valence-electron chi connectivity index (χ2n) is 9.20. The van der Waals surface area contributed by atoms with E-state index < -0.39 is 0 Å². The number of nitrogens with zero attached hydrogens (tertiary/aromatic N) is 1. The SMILES string of the molecule is CO[C@@H]1CN(C)C(=O)c2cc(NC(=O)NC3CCCCC3)ccc2OC[C@@H](C)NC[C@H]1C. The molecule has 3 rings (SSSR count). The zero-order valence-corrected chi connectivity index (χ0v) is 19.8. The molecule has 1 fully saturated rings. The minimum atomic E-state index is -0.238. The second kappa shape index (κ2) is 11.5. The van der Waals surface area contributed by atoms with Crippen LogP contribution in [0.3, 0.4) is 0 Å². The van der Waals surface area contributed by atoms with Crippen molar-refractivity contribution in [2.24, 2.45) is 5.92 Å². The number of urea groups is 1. The number of ether oxygens (including phenoxy) is 2. The molecule has 3 N–H and O–H groups in total. The minimum Gasteiger partial charge on any atom is -0.491 e. The molecular weight excluding hydrogens is 408 g/mol. The number of hydrogen-bond acceptors (Lipinski definition) is 5. The van der Waals surface area contributed by atoms with E-state index in [0.29, 0.717) is 30.2 Å². The van der Waals surface area contributed by atoms with Crippen molar-refractivity contribution in [2.75, 3.05) is 39.2 Å². The lowest BCUT2D eigenvalue weighted by Gasteiger charge is -2.30. The van der Waals surface area contributed by atoms with Gasteiger partial charge in [0.05, 0.1) is 11.7 Å². The van der Waals surface area contributed by atoms with Crippen LogP contribution in [0.1, 0.15) is 56.3 Å². The number of amides is 3. The normalized spacial score (nSPS) is 25.7.